The van der Waals surface area contributed by atoms with E-state index in [2.05, 4.69) is 59.8 Å². The molecule has 1 aromatic carbocycles. The second-order valence-corrected chi connectivity index (χ2v) is 7.41. The van der Waals surface area contributed by atoms with E-state index in [4.69, 9.17) is 5.73 Å². The maximum atomic E-state index is 6.17. The Morgan fingerprint density at radius 1 is 1.30 bits per heavy atom. The van der Waals surface area contributed by atoms with Crippen LogP contribution in [0.1, 0.15) is 39.2 Å². The molecule has 1 heterocycles. The molecule has 0 spiro atoms. The van der Waals surface area contributed by atoms with Crippen LogP contribution < -0.4 is 10.6 Å². The minimum absolute atomic E-state index is 0.252. The van der Waals surface area contributed by atoms with Gasteiger partial charge in [-0.25, -0.2) is 0 Å². The van der Waals surface area contributed by atoms with Gasteiger partial charge in [-0.15, -0.1) is 0 Å². The quantitative estimate of drug-likeness (QED) is 0.890. The van der Waals surface area contributed by atoms with Crippen molar-refractivity contribution in [3.8, 4) is 0 Å². The zero-order valence-corrected chi connectivity index (χ0v) is 14.5. The van der Waals surface area contributed by atoms with Gasteiger partial charge in [0, 0.05) is 29.3 Å². The van der Waals surface area contributed by atoms with Crippen LogP contribution in [-0.4, -0.2) is 19.1 Å². The van der Waals surface area contributed by atoms with E-state index in [1.165, 1.54) is 30.8 Å². The van der Waals surface area contributed by atoms with Gasteiger partial charge in [0.1, 0.15) is 0 Å². The second-order valence-electron chi connectivity index (χ2n) is 6.50. The lowest BCUT2D eigenvalue weighted by atomic mass is 9.90. The number of benzene rings is 1. The first-order valence-corrected chi connectivity index (χ1v) is 8.57. The number of hydrogen-bond acceptors (Lipinski definition) is 2. The van der Waals surface area contributed by atoms with Gasteiger partial charge in [0.25, 0.3) is 0 Å². The summed E-state index contributed by atoms with van der Waals surface area (Å²) in [6.45, 7) is 9.21. The molecule has 1 aliphatic rings. The van der Waals surface area contributed by atoms with Crippen molar-refractivity contribution in [3.63, 3.8) is 0 Å². The molecule has 0 radical (unpaired) electrons. The lowest BCUT2D eigenvalue weighted by Crippen LogP contribution is -2.39. The first-order valence-electron chi connectivity index (χ1n) is 7.78. The molecule has 1 saturated heterocycles. The van der Waals surface area contributed by atoms with Gasteiger partial charge in [-0.2, -0.15) is 0 Å². The summed E-state index contributed by atoms with van der Waals surface area (Å²) in [5.74, 6) is 1.55. The third-order valence-electron chi connectivity index (χ3n) is 4.26. The minimum Gasteiger partial charge on any atom is -0.371 e. The Bertz CT molecular complexity index is 437. The summed E-state index contributed by atoms with van der Waals surface area (Å²) in [6.07, 6.45) is 3.33. The second kappa shape index (κ2) is 6.95. The Morgan fingerprint density at radius 3 is 2.55 bits per heavy atom. The highest BCUT2D eigenvalue weighted by atomic mass is 79.9. The Balaban J connectivity index is 2.25. The maximum absolute atomic E-state index is 6.17. The molecule has 1 aromatic rings. The summed E-state index contributed by atoms with van der Waals surface area (Å²) in [7, 11) is 0. The summed E-state index contributed by atoms with van der Waals surface area (Å²) in [4.78, 5) is 2.56. The zero-order chi connectivity index (χ0) is 14.7. The van der Waals surface area contributed by atoms with Crippen molar-refractivity contribution in [2.75, 3.05) is 18.0 Å². The fourth-order valence-electron chi connectivity index (χ4n) is 3.31. The third-order valence-corrected chi connectivity index (χ3v) is 4.75. The Hall–Kier alpha value is -0.540. The Kier molecular flexibility index (Phi) is 5.50. The van der Waals surface area contributed by atoms with Gasteiger partial charge in [0.05, 0.1) is 0 Å². The fourth-order valence-corrected chi connectivity index (χ4v) is 3.72. The largest absolute Gasteiger partial charge is 0.371 e. The molecule has 2 rings (SSSR count). The monoisotopic (exact) mass is 338 g/mol. The van der Waals surface area contributed by atoms with E-state index in [0.29, 0.717) is 0 Å². The lowest BCUT2D eigenvalue weighted by Gasteiger charge is -2.38. The van der Waals surface area contributed by atoms with Crippen molar-refractivity contribution in [1.82, 2.24) is 0 Å². The van der Waals surface area contributed by atoms with Gasteiger partial charge >= 0.3 is 0 Å². The summed E-state index contributed by atoms with van der Waals surface area (Å²) < 4.78 is 1.15. The molecule has 3 heteroatoms. The van der Waals surface area contributed by atoms with Crippen LogP contribution >= 0.6 is 15.9 Å². The molecular weight excluding hydrogens is 312 g/mol. The van der Waals surface area contributed by atoms with E-state index < -0.39 is 0 Å². The van der Waals surface area contributed by atoms with Crippen LogP contribution in [0, 0.1) is 11.8 Å². The van der Waals surface area contributed by atoms with Gasteiger partial charge in [0.15, 0.2) is 0 Å². The van der Waals surface area contributed by atoms with Gasteiger partial charge in [-0.05, 0) is 54.9 Å². The number of anilines is 1. The summed E-state index contributed by atoms with van der Waals surface area (Å²) >= 11 is 3.60. The molecule has 0 saturated carbocycles. The van der Waals surface area contributed by atoms with E-state index in [9.17, 15) is 0 Å². The maximum Gasteiger partial charge on any atom is 0.0400 e. The normalized spacial score (nSPS) is 24.8. The van der Waals surface area contributed by atoms with Gasteiger partial charge in [0.2, 0.25) is 0 Å². The van der Waals surface area contributed by atoms with Crippen molar-refractivity contribution in [1.29, 1.82) is 0 Å². The molecule has 1 aliphatic heterocycles. The Morgan fingerprint density at radius 2 is 1.95 bits per heavy atom. The molecular formula is C17H27BrN2. The van der Waals surface area contributed by atoms with E-state index in [1.807, 2.05) is 0 Å². The first-order chi connectivity index (χ1) is 9.49. The highest BCUT2D eigenvalue weighted by molar-refractivity contribution is 9.10. The van der Waals surface area contributed by atoms with Crippen molar-refractivity contribution >= 4 is 21.6 Å². The van der Waals surface area contributed by atoms with E-state index in [0.717, 1.165) is 29.2 Å². The highest BCUT2D eigenvalue weighted by Crippen LogP contribution is 2.31. The number of nitrogens with two attached hydrogens (primary N) is 1. The summed E-state index contributed by atoms with van der Waals surface area (Å²) in [5.41, 5.74) is 8.94. The molecule has 0 aliphatic carbocycles. The average Bonchev–Trinajstić information content (AvgIpc) is 2.37. The van der Waals surface area contributed by atoms with Crippen LogP contribution in [0.15, 0.2) is 22.7 Å². The van der Waals surface area contributed by atoms with Crippen LogP contribution in [0.4, 0.5) is 5.69 Å². The number of nitrogens with zero attached hydrogens (tertiary/aromatic N) is 1. The Labute approximate surface area is 131 Å². The third kappa shape index (κ3) is 3.98. The van der Waals surface area contributed by atoms with Gasteiger partial charge in [-0.3, -0.25) is 0 Å². The molecule has 112 valence electrons. The van der Waals surface area contributed by atoms with Gasteiger partial charge < -0.3 is 10.6 Å². The van der Waals surface area contributed by atoms with Crippen LogP contribution in [0.5, 0.6) is 0 Å². The van der Waals surface area contributed by atoms with Crippen LogP contribution in [0.2, 0.25) is 0 Å². The standard InChI is InChI=1S/C17H27BrN2/c1-4-16(19)9-14-8-15(18)5-6-17(14)20-10-12(2)7-13(3)11-20/h5-6,8,12-13,16H,4,7,9-11,19H2,1-3H3. The first kappa shape index (κ1) is 15.8. The molecule has 2 nitrogen and oxygen atoms in total. The number of rotatable bonds is 4. The summed E-state index contributed by atoms with van der Waals surface area (Å²) in [6, 6.07) is 6.91. The summed E-state index contributed by atoms with van der Waals surface area (Å²) in [5, 5.41) is 0. The van der Waals surface area contributed by atoms with Crippen molar-refractivity contribution in [2.45, 2.75) is 46.1 Å². The average molecular weight is 339 g/mol. The highest BCUT2D eigenvalue weighted by Gasteiger charge is 2.23. The molecule has 2 N–H and O–H groups in total. The minimum atomic E-state index is 0.252. The van der Waals surface area contributed by atoms with Crippen LogP contribution in [0.25, 0.3) is 0 Å². The van der Waals surface area contributed by atoms with Crippen molar-refractivity contribution in [2.24, 2.45) is 17.6 Å². The molecule has 0 aromatic heterocycles. The predicted octanol–water partition coefficient (Wildman–Crippen LogP) is 4.21. The predicted molar refractivity (Wildman–Crippen MR) is 91.3 cm³/mol. The molecule has 0 amide bonds. The van der Waals surface area contributed by atoms with Crippen LogP contribution in [-0.2, 0) is 6.42 Å². The number of hydrogen-bond donors (Lipinski definition) is 1. The van der Waals surface area contributed by atoms with Crippen molar-refractivity contribution in [3.05, 3.63) is 28.2 Å². The van der Waals surface area contributed by atoms with Gasteiger partial charge in [-0.1, -0.05) is 36.7 Å². The van der Waals surface area contributed by atoms with E-state index in [-0.39, 0.29) is 6.04 Å². The molecule has 0 bridgehead atoms. The number of piperidine rings is 1. The van der Waals surface area contributed by atoms with Crippen molar-refractivity contribution < 1.29 is 0 Å². The van der Waals surface area contributed by atoms with E-state index in [1.54, 1.807) is 0 Å². The lowest BCUT2D eigenvalue weighted by molar-refractivity contribution is 0.356. The topological polar surface area (TPSA) is 29.3 Å². The smallest absolute Gasteiger partial charge is 0.0400 e. The van der Waals surface area contributed by atoms with E-state index >= 15 is 0 Å². The molecule has 3 atom stereocenters. The molecule has 1 fully saturated rings. The number of halogens is 1. The SMILES string of the molecule is CCC(N)Cc1cc(Br)ccc1N1CC(C)CC(C)C1. The van der Waals surface area contributed by atoms with Crippen LogP contribution in [0.3, 0.4) is 0 Å². The zero-order valence-electron chi connectivity index (χ0n) is 12.9. The molecule has 20 heavy (non-hydrogen) atoms. The molecule has 3 unspecified atom stereocenters. The fraction of sp³-hybridized carbons (Fsp3) is 0.647.